The van der Waals surface area contributed by atoms with E-state index in [9.17, 15) is 17.6 Å². The summed E-state index contributed by atoms with van der Waals surface area (Å²) in [5, 5.41) is 8.72. The number of aromatic carboxylic acids is 1. The first-order valence-corrected chi connectivity index (χ1v) is 7.25. The van der Waals surface area contributed by atoms with Crippen LogP contribution in [-0.2, 0) is 10.0 Å². The number of carbonyl (C=O) groups is 1. The first-order chi connectivity index (χ1) is 9.29. The Balaban J connectivity index is 2.38. The van der Waals surface area contributed by atoms with Gasteiger partial charge in [0.15, 0.2) is 4.67 Å². The third kappa shape index (κ3) is 2.96. The Morgan fingerprint density at radius 1 is 1.45 bits per heavy atom. The van der Waals surface area contributed by atoms with Gasteiger partial charge in [0.2, 0.25) is 11.7 Å². The molecule has 2 N–H and O–H groups in total. The van der Waals surface area contributed by atoms with Gasteiger partial charge < -0.3 is 9.52 Å². The van der Waals surface area contributed by atoms with Gasteiger partial charge in [-0.15, -0.1) is 0 Å². The van der Waals surface area contributed by atoms with E-state index in [2.05, 4.69) is 20.9 Å². The molecule has 0 unspecified atom stereocenters. The Kier molecular flexibility index (Phi) is 3.77. The summed E-state index contributed by atoms with van der Waals surface area (Å²) in [6, 6.07) is 4.39. The van der Waals surface area contributed by atoms with Crippen LogP contribution in [0.25, 0.3) is 0 Å². The molecule has 2 rings (SSSR count). The van der Waals surface area contributed by atoms with Crippen molar-refractivity contribution in [3.63, 3.8) is 0 Å². The predicted octanol–water partition coefficient (Wildman–Crippen LogP) is 2.08. The van der Waals surface area contributed by atoms with E-state index in [4.69, 9.17) is 9.52 Å². The molecule has 2 aromatic heterocycles. The summed E-state index contributed by atoms with van der Waals surface area (Å²) in [6.07, 6.45) is 0. The molecule has 0 aliphatic carbocycles. The summed E-state index contributed by atoms with van der Waals surface area (Å²) in [6.45, 7) is 0. The lowest BCUT2D eigenvalue weighted by atomic mass is 10.5. The fourth-order valence-electron chi connectivity index (χ4n) is 1.30. The molecule has 0 atom stereocenters. The van der Waals surface area contributed by atoms with Crippen molar-refractivity contribution >= 4 is 37.7 Å². The van der Waals surface area contributed by atoms with Crippen molar-refractivity contribution in [1.82, 2.24) is 4.98 Å². The Hall–Kier alpha value is -1.94. The maximum atomic E-state index is 12.9. The number of furan rings is 1. The highest BCUT2D eigenvalue weighted by Gasteiger charge is 2.25. The third-order valence-corrected chi connectivity index (χ3v) is 4.32. The summed E-state index contributed by atoms with van der Waals surface area (Å²) in [4.78, 5) is 13.6. The first-order valence-electron chi connectivity index (χ1n) is 4.97. The number of pyridine rings is 1. The summed E-state index contributed by atoms with van der Waals surface area (Å²) < 4.78 is 43.4. The lowest BCUT2D eigenvalue weighted by molar-refractivity contribution is 0.0661. The van der Waals surface area contributed by atoms with Crippen molar-refractivity contribution in [3.05, 3.63) is 40.6 Å². The Bertz CT molecular complexity index is 774. The fraction of sp³-hybridized carbons (Fsp3) is 0. The van der Waals surface area contributed by atoms with E-state index in [-0.39, 0.29) is 10.5 Å². The largest absolute Gasteiger partial charge is 0.475 e. The van der Waals surface area contributed by atoms with Gasteiger partial charge in [0.25, 0.3) is 10.0 Å². The predicted molar refractivity (Wildman–Crippen MR) is 68.4 cm³/mol. The molecular weight excluding hydrogens is 359 g/mol. The van der Waals surface area contributed by atoms with E-state index < -0.39 is 32.6 Å². The van der Waals surface area contributed by atoms with Gasteiger partial charge in [0.1, 0.15) is 10.7 Å². The van der Waals surface area contributed by atoms with Crippen molar-refractivity contribution < 1.29 is 27.1 Å². The summed E-state index contributed by atoms with van der Waals surface area (Å²) in [5.41, 5.74) is 0. The quantitative estimate of drug-likeness (QED) is 0.803. The summed E-state index contributed by atoms with van der Waals surface area (Å²) >= 11 is 2.81. The average Bonchev–Trinajstić information content (AvgIpc) is 2.71. The summed E-state index contributed by atoms with van der Waals surface area (Å²) in [7, 11) is -4.16. The zero-order valence-electron chi connectivity index (χ0n) is 9.50. The van der Waals surface area contributed by atoms with Crippen molar-refractivity contribution in [2.45, 2.75) is 4.90 Å². The highest BCUT2D eigenvalue weighted by Crippen LogP contribution is 2.27. The second-order valence-electron chi connectivity index (χ2n) is 3.50. The van der Waals surface area contributed by atoms with Crippen LogP contribution in [-0.4, -0.2) is 24.5 Å². The molecular formula is C10H6BrFN2O5S. The van der Waals surface area contributed by atoms with E-state index in [0.29, 0.717) is 0 Å². The van der Waals surface area contributed by atoms with Gasteiger partial charge in [-0.1, -0.05) is 6.07 Å². The molecule has 0 saturated heterocycles. The molecule has 2 aromatic rings. The minimum atomic E-state index is -4.16. The van der Waals surface area contributed by atoms with Gasteiger partial charge >= 0.3 is 5.97 Å². The maximum Gasteiger partial charge on any atom is 0.371 e. The van der Waals surface area contributed by atoms with E-state index >= 15 is 0 Å². The zero-order valence-corrected chi connectivity index (χ0v) is 11.9. The summed E-state index contributed by atoms with van der Waals surface area (Å²) in [5.74, 6) is -3.07. The van der Waals surface area contributed by atoms with Gasteiger partial charge in [-0.25, -0.2) is 18.2 Å². The van der Waals surface area contributed by atoms with Crippen molar-refractivity contribution in [3.8, 4) is 0 Å². The van der Waals surface area contributed by atoms with Gasteiger partial charge in [0.05, 0.1) is 0 Å². The van der Waals surface area contributed by atoms with Crippen LogP contribution in [0, 0.1) is 5.95 Å². The molecule has 106 valence electrons. The molecule has 2 heterocycles. The van der Waals surface area contributed by atoms with E-state index in [1.54, 1.807) is 0 Å². The number of hydrogen-bond acceptors (Lipinski definition) is 5. The number of sulfonamides is 1. The number of carboxylic acid groups (broad SMARTS) is 1. The Labute approximate surface area is 120 Å². The Morgan fingerprint density at radius 2 is 2.15 bits per heavy atom. The number of aromatic nitrogens is 1. The van der Waals surface area contributed by atoms with Crippen LogP contribution in [0.1, 0.15) is 10.6 Å². The van der Waals surface area contributed by atoms with Gasteiger partial charge in [-0.05, 0) is 28.1 Å². The molecule has 0 bridgehead atoms. The molecule has 0 fully saturated rings. The van der Waals surface area contributed by atoms with Crippen LogP contribution in [0.2, 0.25) is 0 Å². The van der Waals surface area contributed by atoms with Crippen molar-refractivity contribution in [2.24, 2.45) is 0 Å². The molecule has 0 saturated carbocycles. The van der Waals surface area contributed by atoms with Crippen LogP contribution >= 0.6 is 15.9 Å². The molecule has 0 aromatic carbocycles. The minimum absolute atomic E-state index is 0.241. The SMILES string of the molecule is O=C(O)c1cc(S(=O)(=O)Nc2cccc(F)n2)c(Br)o1. The number of hydrogen-bond donors (Lipinski definition) is 2. The maximum absolute atomic E-state index is 12.9. The number of carboxylic acids is 1. The van der Waals surface area contributed by atoms with Gasteiger partial charge in [-0.3, -0.25) is 4.72 Å². The number of nitrogens with zero attached hydrogens (tertiary/aromatic N) is 1. The van der Waals surface area contributed by atoms with Crippen LogP contribution in [0.3, 0.4) is 0 Å². The van der Waals surface area contributed by atoms with Crippen molar-refractivity contribution in [1.29, 1.82) is 0 Å². The molecule has 20 heavy (non-hydrogen) atoms. The van der Waals surface area contributed by atoms with E-state index in [1.165, 1.54) is 12.1 Å². The molecule has 10 heteroatoms. The number of anilines is 1. The normalized spacial score (nSPS) is 11.3. The molecule has 0 spiro atoms. The lowest BCUT2D eigenvalue weighted by Gasteiger charge is -2.05. The van der Waals surface area contributed by atoms with Gasteiger partial charge in [-0.2, -0.15) is 4.39 Å². The lowest BCUT2D eigenvalue weighted by Crippen LogP contribution is -2.14. The zero-order chi connectivity index (χ0) is 14.9. The highest BCUT2D eigenvalue weighted by atomic mass is 79.9. The standard InChI is InChI=1S/C10H6BrFN2O5S/c11-9-6(4-5(19-9)10(15)16)20(17,18)14-8-3-1-2-7(12)13-8/h1-4H,(H,13,14)(H,15,16). The van der Waals surface area contributed by atoms with Crippen LogP contribution in [0.5, 0.6) is 0 Å². The number of nitrogens with one attached hydrogen (secondary N) is 1. The second kappa shape index (κ2) is 5.21. The number of rotatable bonds is 4. The van der Waals surface area contributed by atoms with Crippen LogP contribution < -0.4 is 4.72 Å². The molecule has 0 aliphatic rings. The molecule has 0 radical (unpaired) electrons. The Morgan fingerprint density at radius 3 is 2.70 bits per heavy atom. The van der Waals surface area contributed by atoms with Crippen LogP contribution in [0.15, 0.2) is 38.2 Å². The minimum Gasteiger partial charge on any atom is -0.475 e. The molecule has 0 amide bonds. The van der Waals surface area contributed by atoms with Crippen LogP contribution in [0.4, 0.5) is 10.2 Å². The van der Waals surface area contributed by atoms with E-state index in [0.717, 1.165) is 12.1 Å². The molecule has 0 aliphatic heterocycles. The fourth-order valence-corrected chi connectivity index (χ4v) is 3.24. The first kappa shape index (κ1) is 14.5. The third-order valence-electron chi connectivity index (χ3n) is 2.11. The molecule has 7 nitrogen and oxygen atoms in total. The second-order valence-corrected chi connectivity index (χ2v) is 5.88. The van der Waals surface area contributed by atoms with Crippen molar-refractivity contribution in [2.75, 3.05) is 4.72 Å². The van der Waals surface area contributed by atoms with E-state index in [1.807, 2.05) is 4.72 Å². The number of halogens is 2. The average molecular weight is 365 g/mol. The monoisotopic (exact) mass is 364 g/mol. The smallest absolute Gasteiger partial charge is 0.371 e. The highest BCUT2D eigenvalue weighted by molar-refractivity contribution is 9.10. The van der Waals surface area contributed by atoms with Gasteiger partial charge in [0, 0.05) is 6.07 Å². The topological polar surface area (TPSA) is 110 Å².